The molecule has 2 aliphatic rings. The van der Waals surface area contributed by atoms with Gasteiger partial charge in [0, 0.05) is 23.9 Å². The molecule has 3 heterocycles. The van der Waals surface area contributed by atoms with Gasteiger partial charge in [-0.1, -0.05) is 6.92 Å². The highest BCUT2D eigenvalue weighted by atomic mass is 16.5. The van der Waals surface area contributed by atoms with Gasteiger partial charge in [0.1, 0.15) is 0 Å². The van der Waals surface area contributed by atoms with Crippen molar-refractivity contribution in [1.29, 1.82) is 0 Å². The maximum Gasteiger partial charge on any atom is 0.0951 e. The van der Waals surface area contributed by atoms with Crippen LogP contribution >= 0.6 is 0 Å². The second-order valence-electron chi connectivity index (χ2n) is 6.29. The molecule has 2 fully saturated rings. The molecule has 1 N–H and O–H groups in total. The van der Waals surface area contributed by atoms with Crippen molar-refractivity contribution in [2.45, 2.75) is 57.1 Å². The minimum Gasteiger partial charge on any atom is -0.376 e. The molecular weight excluding hydrogens is 238 g/mol. The SMILES string of the molecule is CC(C1CCCO1)n1cncc1C1(C)CCNCC1. The molecule has 0 aromatic carbocycles. The van der Waals surface area contributed by atoms with E-state index < -0.39 is 0 Å². The van der Waals surface area contributed by atoms with E-state index in [2.05, 4.69) is 34.9 Å². The van der Waals surface area contributed by atoms with Crippen molar-refractivity contribution < 1.29 is 4.74 Å². The van der Waals surface area contributed by atoms with E-state index in [0.29, 0.717) is 12.1 Å². The first-order valence-electron chi connectivity index (χ1n) is 7.55. The monoisotopic (exact) mass is 263 g/mol. The predicted molar refractivity (Wildman–Crippen MR) is 75.4 cm³/mol. The fourth-order valence-electron chi connectivity index (χ4n) is 3.49. The van der Waals surface area contributed by atoms with Gasteiger partial charge in [-0.15, -0.1) is 0 Å². The Morgan fingerprint density at radius 2 is 2.26 bits per heavy atom. The first-order valence-corrected chi connectivity index (χ1v) is 7.55. The highest BCUT2D eigenvalue weighted by Gasteiger charge is 2.34. The molecular formula is C15H25N3O. The molecule has 0 spiro atoms. The summed E-state index contributed by atoms with van der Waals surface area (Å²) in [5.74, 6) is 0. The van der Waals surface area contributed by atoms with Gasteiger partial charge in [-0.05, 0) is 45.7 Å². The Balaban J connectivity index is 1.84. The number of hydrogen-bond donors (Lipinski definition) is 1. The Bertz CT molecular complexity index is 417. The molecule has 1 aromatic heterocycles. The van der Waals surface area contributed by atoms with E-state index in [-0.39, 0.29) is 5.41 Å². The van der Waals surface area contributed by atoms with E-state index in [1.54, 1.807) is 0 Å². The molecule has 2 atom stereocenters. The summed E-state index contributed by atoms with van der Waals surface area (Å²) in [6, 6.07) is 0.395. The van der Waals surface area contributed by atoms with Gasteiger partial charge in [-0.3, -0.25) is 0 Å². The summed E-state index contributed by atoms with van der Waals surface area (Å²) in [6.45, 7) is 7.78. The van der Waals surface area contributed by atoms with Crippen LogP contribution in [-0.4, -0.2) is 35.4 Å². The summed E-state index contributed by atoms with van der Waals surface area (Å²) in [4.78, 5) is 4.42. The molecule has 0 bridgehead atoms. The van der Waals surface area contributed by atoms with E-state index in [1.165, 1.54) is 31.4 Å². The fourth-order valence-corrected chi connectivity index (χ4v) is 3.49. The molecule has 0 radical (unpaired) electrons. The smallest absolute Gasteiger partial charge is 0.0951 e. The summed E-state index contributed by atoms with van der Waals surface area (Å²) < 4.78 is 8.22. The molecule has 2 unspecified atom stereocenters. The lowest BCUT2D eigenvalue weighted by atomic mass is 9.78. The second kappa shape index (κ2) is 5.25. The lowest BCUT2D eigenvalue weighted by Crippen LogP contribution is -2.39. The molecule has 0 saturated carbocycles. The first kappa shape index (κ1) is 13.1. The van der Waals surface area contributed by atoms with Crippen LogP contribution < -0.4 is 5.32 Å². The van der Waals surface area contributed by atoms with Crippen LogP contribution in [-0.2, 0) is 10.2 Å². The third kappa shape index (κ3) is 2.43. The summed E-state index contributed by atoms with van der Waals surface area (Å²) in [5.41, 5.74) is 1.64. The van der Waals surface area contributed by atoms with E-state index in [1.807, 2.05) is 6.33 Å². The summed E-state index contributed by atoms with van der Waals surface area (Å²) >= 11 is 0. The van der Waals surface area contributed by atoms with Crippen LogP contribution in [0.25, 0.3) is 0 Å². The average Bonchev–Trinajstić information content (AvgIpc) is 3.10. The maximum atomic E-state index is 5.85. The van der Waals surface area contributed by atoms with Crippen molar-refractivity contribution in [2.24, 2.45) is 0 Å². The van der Waals surface area contributed by atoms with Crippen molar-refractivity contribution in [3.63, 3.8) is 0 Å². The highest BCUT2D eigenvalue weighted by Crippen LogP contribution is 2.35. The maximum absolute atomic E-state index is 5.85. The molecule has 19 heavy (non-hydrogen) atoms. The van der Waals surface area contributed by atoms with Gasteiger partial charge in [-0.2, -0.15) is 0 Å². The number of nitrogens with one attached hydrogen (secondary N) is 1. The van der Waals surface area contributed by atoms with E-state index in [4.69, 9.17) is 4.74 Å². The fraction of sp³-hybridized carbons (Fsp3) is 0.800. The lowest BCUT2D eigenvalue weighted by Gasteiger charge is -2.36. The zero-order chi connectivity index (χ0) is 13.3. The second-order valence-corrected chi connectivity index (χ2v) is 6.29. The van der Waals surface area contributed by atoms with Crippen molar-refractivity contribution in [1.82, 2.24) is 14.9 Å². The predicted octanol–water partition coefficient (Wildman–Crippen LogP) is 2.26. The quantitative estimate of drug-likeness (QED) is 0.909. The number of piperidine rings is 1. The third-order valence-electron chi connectivity index (χ3n) is 4.93. The Hall–Kier alpha value is -0.870. The first-order chi connectivity index (χ1) is 9.21. The van der Waals surface area contributed by atoms with Crippen LogP contribution in [0.15, 0.2) is 12.5 Å². The Morgan fingerprint density at radius 3 is 2.95 bits per heavy atom. The molecule has 3 rings (SSSR count). The van der Waals surface area contributed by atoms with Gasteiger partial charge in [0.15, 0.2) is 0 Å². The lowest BCUT2D eigenvalue weighted by molar-refractivity contribution is 0.0708. The van der Waals surface area contributed by atoms with E-state index in [0.717, 1.165) is 19.7 Å². The van der Waals surface area contributed by atoms with Crippen LogP contribution in [0.2, 0.25) is 0 Å². The topological polar surface area (TPSA) is 39.1 Å². The van der Waals surface area contributed by atoms with Crippen molar-refractivity contribution in [3.8, 4) is 0 Å². The van der Waals surface area contributed by atoms with Crippen LogP contribution in [0.4, 0.5) is 0 Å². The molecule has 2 saturated heterocycles. The van der Waals surface area contributed by atoms with Gasteiger partial charge in [0.2, 0.25) is 0 Å². The van der Waals surface area contributed by atoms with Gasteiger partial charge in [0.05, 0.1) is 18.5 Å². The number of rotatable bonds is 3. The number of ether oxygens (including phenoxy) is 1. The Labute approximate surface area is 115 Å². The van der Waals surface area contributed by atoms with Gasteiger partial charge in [0.25, 0.3) is 0 Å². The third-order valence-corrected chi connectivity index (χ3v) is 4.93. The summed E-state index contributed by atoms with van der Waals surface area (Å²) in [6.07, 6.45) is 9.18. The number of aromatic nitrogens is 2. The molecule has 106 valence electrons. The molecule has 0 aliphatic carbocycles. The van der Waals surface area contributed by atoms with Crippen LogP contribution in [0.5, 0.6) is 0 Å². The van der Waals surface area contributed by atoms with E-state index in [9.17, 15) is 0 Å². The van der Waals surface area contributed by atoms with Crippen LogP contribution in [0.3, 0.4) is 0 Å². The Morgan fingerprint density at radius 1 is 1.47 bits per heavy atom. The number of nitrogens with zero attached hydrogens (tertiary/aromatic N) is 2. The van der Waals surface area contributed by atoms with Crippen LogP contribution in [0.1, 0.15) is 51.3 Å². The molecule has 4 heteroatoms. The number of hydrogen-bond acceptors (Lipinski definition) is 3. The summed E-state index contributed by atoms with van der Waals surface area (Å²) in [7, 11) is 0. The minimum atomic E-state index is 0.259. The van der Waals surface area contributed by atoms with Crippen LogP contribution in [0, 0.1) is 0 Å². The standard InChI is InChI=1S/C15H25N3O/c1-12(13-4-3-9-19-13)18-11-17-10-14(18)15(2)5-7-16-8-6-15/h10-13,16H,3-9H2,1-2H3. The minimum absolute atomic E-state index is 0.259. The molecule has 4 nitrogen and oxygen atoms in total. The van der Waals surface area contributed by atoms with Gasteiger partial charge in [-0.25, -0.2) is 4.98 Å². The average molecular weight is 263 g/mol. The molecule has 2 aliphatic heterocycles. The largest absolute Gasteiger partial charge is 0.376 e. The van der Waals surface area contributed by atoms with Gasteiger partial charge < -0.3 is 14.6 Å². The van der Waals surface area contributed by atoms with Gasteiger partial charge >= 0.3 is 0 Å². The highest BCUT2D eigenvalue weighted by molar-refractivity contribution is 5.16. The summed E-state index contributed by atoms with van der Waals surface area (Å²) in [5, 5.41) is 3.45. The van der Waals surface area contributed by atoms with Crippen molar-refractivity contribution >= 4 is 0 Å². The zero-order valence-electron chi connectivity index (χ0n) is 12.1. The Kier molecular flexibility index (Phi) is 3.63. The van der Waals surface area contributed by atoms with E-state index >= 15 is 0 Å². The van der Waals surface area contributed by atoms with Crippen molar-refractivity contribution in [2.75, 3.05) is 19.7 Å². The van der Waals surface area contributed by atoms with Crippen molar-refractivity contribution in [3.05, 3.63) is 18.2 Å². The molecule has 0 amide bonds. The zero-order valence-corrected chi connectivity index (χ0v) is 12.1. The normalized spacial score (nSPS) is 28.4. The number of imidazole rings is 1. The molecule has 1 aromatic rings.